The molecule has 5 heteroatoms. The van der Waals surface area contributed by atoms with Gasteiger partial charge in [-0.05, 0) is 0 Å². The first-order valence-electron chi connectivity index (χ1n) is 3.06. The first kappa shape index (κ1) is 8.54. The van der Waals surface area contributed by atoms with Crippen LogP contribution in [0.5, 0.6) is 0 Å². The van der Waals surface area contributed by atoms with Gasteiger partial charge in [0.25, 0.3) is 5.82 Å². The SMILES string of the molecule is CC1=NC=NC2=CN=C[NH+]21.[I-]. The van der Waals surface area contributed by atoms with Crippen molar-refractivity contribution in [2.45, 2.75) is 6.92 Å². The van der Waals surface area contributed by atoms with Crippen LogP contribution in [0.25, 0.3) is 0 Å². The van der Waals surface area contributed by atoms with Crippen molar-refractivity contribution in [3.05, 3.63) is 12.0 Å². The second-order valence-corrected chi connectivity index (χ2v) is 2.17. The molecule has 0 aromatic heterocycles. The fraction of sp³-hybridized carbons (Fsp3) is 0.167. The van der Waals surface area contributed by atoms with Crippen molar-refractivity contribution >= 4 is 18.5 Å². The zero-order chi connectivity index (χ0) is 6.97. The highest BCUT2D eigenvalue weighted by molar-refractivity contribution is 5.87. The lowest BCUT2D eigenvalue weighted by atomic mass is 10.5. The molecule has 0 saturated carbocycles. The van der Waals surface area contributed by atoms with Crippen LogP contribution in [-0.4, -0.2) is 18.5 Å². The highest BCUT2D eigenvalue weighted by Gasteiger charge is 2.22. The molecule has 2 aliphatic heterocycles. The van der Waals surface area contributed by atoms with Gasteiger partial charge in [-0.3, -0.25) is 0 Å². The van der Waals surface area contributed by atoms with E-state index in [9.17, 15) is 0 Å². The molecule has 0 fully saturated rings. The molecule has 0 aromatic rings. The van der Waals surface area contributed by atoms with Crippen LogP contribution in [0.4, 0.5) is 0 Å². The molecule has 1 unspecified atom stereocenters. The van der Waals surface area contributed by atoms with Crippen LogP contribution >= 0.6 is 0 Å². The lowest BCUT2D eigenvalue weighted by Crippen LogP contribution is -3.10. The lowest BCUT2D eigenvalue weighted by Gasteiger charge is -2.09. The van der Waals surface area contributed by atoms with E-state index in [4.69, 9.17) is 0 Å². The Morgan fingerprint density at radius 3 is 3.00 bits per heavy atom. The average Bonchev–Trinajstić information content (AvgIpc) is 2.36. The summed E-state index contributed by atoms with van der Waals surface area (Å²) in [6.07, 6.45) is 5.08. The van der Waals surface area contributed by atoms with Gasteiger partial charge in [0.05, 0.1) is 0 Å². The van der Waals surface area contributed by atoms with Gasteiger partial charge in [0.15, 0.2) is 0 Å². The van der Waals surface area contributed by atoms with Crippen molar-refractivity contribution in [1.29, 1.82) is 0 Å². The Morgan fingerprint density at radius 2 is 2.27 bits per heavy atom. The van der Waals surface area contributed by atoms with Gasteiger partial charge in [0.2, 0.25) is 12.2 Å². The molecule has 4 nitrogen and oxygen atoms in total. The molecule has 0 saturated heterocycles. The molecule has 2 aliphatic rings. The van der Waals surface area contributed by atoms with Crippen molar-refractivity contribution < 1.29 is 28.9 Å². The Morgan fingerprint density at radius 1 is 1.45 bits per heavy atom. The number of amidine groups is 1. The normalized spacial score (nSPS) is 25.4. The number of nitrogens with one attached hydrogen (secondary N) is 1. The topological polar surface area (TPSA) is 41.5 Å². The fourth-order valence-corrected chi connectivity index (χ4v) is 0.947. The molecule has 0 radical (unpaired) electrons. The van der Waals surface area contributed by atoms with Crippen molar-refractivity contribution in [3.63, 3.8) is 0 Å². The van der Waals surface area contributed by atoms with E-state index in [0.29, 0.717) is 0 Å². The monoisotopic (exact) mass is 262 g/mol. The van der Waals surface area contributed by atoms with E-state index in [2.05, 4.69) is 15.0 Å². The summed E-state index contributed by atoms with van der Waals surface area (Å²) in [7, 11) is 0. The van der Waals surface area contributed by atoms with Crippen LogP contribution in [0.1, 0.15) is 6.92 Å². The van der Waals surface area contributed by atoms with Crippen LogP contribution in [0, 0.1) is 0 Å². The molecule has 0 spiro atoms. The second kappa shape index (κ2) is 3.22. The number of hydrogen-bond acceptors (Lipinski definition) is 3. The maximum atomic E-state index is 4.03. The second-order valence-electron chi connectivity index (χ2n) is 2.17. The van der Waals surface area contributed by atoms with E-state index in [0.717, 1.165) is 16.6 Å². The first-order chi connectivity index (χ1) is 4.88. The molecule has 2 rings (SSSR count). The van der Waals surface area contributed by atoms with E-state index < -0.39 is 0 Å². The number of fused-ring (bicyclic) bond motifs is 1. The summed E-state index contributed by atoms with van der Waals surface area (Å²) >= 11 is 0. The number of halogens is 1. The Bertz CT molecular complexity index is 276. The molecule has 0 aromatic carbocycles. The molecular formula is C6H7IN4. The quantitative estimate of drug-likeness (QED) is 0.435. The number of quaternary nitrogens is 1. The maximum Gasteiger partial charge on any atom is 0.258 e. The molecular weight excluding hydrogens is 255 g/mol. The highest BCUT2D eigenvalue weighted by atomic mass is 127. The third-order valence-corrected chi connectivity index (χ3v) is 1.51. The van der Waals surface area contributed by atoms with Crippen molar-refractivity contribution in [1.82, 2.24) is 0 Å². The van der Waals surface area contributed by atoms with Gasteiger partial charge in [-0.25, -0.2) is 4.99 Å². The third-order valence-electron chi connectivity index (χ3n) is 1.51. The molecule has 1 N–H and O–H groups in total. The summed E-state index contributed by atoms with van der Waals surface area (Å²) in [5.41, 5.74) is 0. The minimum absolute atomic E-state index is 0. The summed E-state index contributed by atoms with van der Waals surface area (Å²) in [6.45, 7) is 1.95. The van der Waals surface area contributed by atoms with E-state index in [1.807, 2.05) is 6.92 Å². The van der Waals surface area contributed by atoms with Crippen LogP contribution in [0.3, 0.4) is 0 Å². The zero-order valence-corrected chi connectivity index (χ0v) is 8.11. The minimum atomic E-state index is 0. The van der Waals surface area contributed by atoms with Gasteiger partial charge in [-0.1, -0.05) is 0 Å². The van der Waals surface area contributed by atoms with E-state index in [1.54, 1.807) is 18.9 Å². The molecule has 0 amide bonds. The lowest BCUT2D eigenvalue weighted by molar-refractivity contribution is -0.644. The minimum Gasteiger partial charge on any atom is -1.00 e. The summed E-state index contributed by atoms with van der Waals surface area (Å²) in [4.78, 5) is 13.1. The number of aliphatic imine (C=N–C) groups is 3. The van der Waals surface area contributed by atoms with Gasteiger partial charge in [0, 0.05) is 6.92 Å². The van der Waals surface area contributed by atoms with Crippen LogP contribution < -0.4 is 28.9 Å². The molecule has 2 heterocycles. The third kappa shape index (κ3) is 1.38. The Labute approximate surface area is 81.5 Å². The van der Waals surface area contributed by atoms with Gasteiger partial charge in [-0.15, -0.1) is 0 Å². The van der Waals surface area contributed by atoms with Crippen LogP contribution in [-0.2, 0) is 0 Å². The van der Waals surface area contributed by atoms with Crippen LogP contribution in [0.15, 0.2) is 27.0 Å². The molecule has 11 heavy (non-hydrogen) atoms. The summed E-state index contributed by atoms with van der Waals surface area (Å²) < 4.78 is 0. The summed E-state index contributed by atoms with van der Waals surface area (Å²) in [5, 5.41) is 0. The average molecular weight is 262 g/mol. The Balaban J connectivity index is 0.000000605. The van der Waals surface area contributed by atoms with Crippen LogP contribution in [0.2, 0.25) is 0 Å². The standard InChI is InChI=1S/C6H6N4.HI/c1-5-8-3-9-6-2-7-4-10(5)6;/h2-4H,1H3;1H. The van der Waals surface area contributed by atoms with E-state index >= 15 is 0 Å². The van der Waals surface area contributed by atoms with E-state index in [-0.39, 0.29) is 24.0 Å². The predicted molar refractivity (Wildman–Crippen MR) is 39.1 cm³/mol. The summed E-state index contributed by atoms with van der Waals surface area (Å²) in [6, 6.07) is 0. The smallest absolute Gasteiger partial charge is 0.258 e. The van der Waals surface area contributed by atoms with Gasteiger partial charge in [-0.2, -0.15) is 14.9 Å². The van der Waals surface area contributed by atoms with Gasteiger partial charge >= 0.3 is 0 Å². The van der Waals surface area contributed by atoms with Crippen molar-refractivity contribution in [2.24, 2.45) is 15.0 Å². The zero-order valence-electron chi connectivity index (χ0n) is 5.95. The molecule has 0 aliphatic carbocycles. The number of rotatable bonds is 0. The predicted octanol–water partition coefficient (Wildman–Crippen LogP) is -3.82. The number of hydrogen-bond donors (Lipinski definition) is 1. The van der Waals surface area contributed by atoms with Gasteiger partial charge < -0.3 is 24.0 Å². The maximum absolute atomic E-state index is 4.03. The fourth-order valence-electron chi connectivity index (χ4n) is 0.947. The largest absolute Gasteiger partial charge is 1.00 e. The Kier molecular flexibility index (Phi) is 2.50. The Hall–Kier alpha value is -0.560. The molecule has 1 atom stereocenters. The van der Waals surface area contributed by atoms with E-state index in [1.165, 1.54) is 0 Å². The van der Waals surface area contributed by atoms with Crippen molar-refractivity contribution in [3.8, 4) is 0 Å². The summed E-state index contributed by atoms with van der Waals surface area (Å²) in [5.74, 6) is 1.91. The number of nitrogens with zero attached hydrogens (tertiary/aromatic N) is 3. The molecule has 0 bridgehead atoms. The van der Waals surface area contributed by atoms with Gasteiger partial charge in [0.1, 0.15) is 12.5 Å². The first-order valence-corrected chi connectivity index (χ1v) is 3.06. The van der Waals surface area contributed by atoms with Crippen molar-refractivity contribution in [2.75, 3.05) is 0 Å². The molecule has 58 valence electrons. The highest BCUT2D eigenvalue weighted by Crippen LogP contribution is 1.93.